The van der Waals surface area contributed by atoms with Crippen LogP contribution in [-0.2, 0) is 9.53 Å². The third-order valence-electron chi connectivity index (χ3n) is 3.32. The molecule has 2 aromatic rings. The van der Waals surface area contributed by atoms with Crippen molar-refractivity contribution in [3.63, 3.8) is 0 Å². The first-order valence-electron chi connectivity index (χ1n) is 7.35. The summed E-state index contributed by atoms with van der Waals surface area (Å²) < 4.78 is 6.30. The Kier molecular flexibility index (Phi) is 4.97. The summed E-state index contributed by atoms with van der Waals surface area (Å²) in [5.74, 6) is 0.228. The van der Waals surface area contributed by atoms with Gasteiger partial charge in [0, 0.05) is 10.6 Å². The molecule has 0 unspecified atom stereocenters. The van der Waals surface area contributed by atoms with Crippen molar-refractivity contribution < 1.29 is 9.53 Å². The molecule has 7 heteroatoms. The second kappa shape index (κ2) is 7.14. The molecule has 0 radical (unpaired) electrons. The second-order valence-corrected chi connectivity index (χ2v) is 7.68. The van der Waals surface area contributed by atoms with E-state index in [4.69, 9.17) is 4.74 Å². The zero-order chi connectivity index (χ0) is 16.2. The molecule has 0 saturated carbocycles. The average Bonchev–Trinajstić information content (AvgIpc) is 2.96. The molecule has 0 spiro atoms. The van der Waals surface area contributed by atoms with Crippen LogP contribution in [0.3, 0.4) is 0 Å². The Morgan fingerprint density at radius 2 is 2.22 bits per heavy atom. The van der Waals surface area contributed by atoms with E-state index in [2.05, 4.69) is 15.5 Å². The van der Waals surface area contributed by atoms with Gasteiger partial charge in [0.15, 0.2) is 10.1 Å². The first kappa shape index (κ1) is 16.0. The monoisotopic (exact) mass is 347 g/mol. The fourth-order valence-electron chi connectivity index (χ4n) is 2.16. The SMILES string of the molecule is Cc1nnc(Sc2ccc(NC(=O)C3=CCCCO3)c(C)c2)s1. The quantitative estimate of drug-likeness (QED) is 0.907. The van der Waals surface area contributed by atoms with E-state index in [9.17, 15) is 4.79 Å². The third-order valence-corrected chi connectivity index (χ3v) is 5.20. The average molecular weight is 347 g/mol. The van der Waals surface area contributed by atoms with E-state index in [1.54, 1.807) is 23.1 Å². The summed E-state index contributed by atoms with van der Waals surface area (Å²) in [5.41, 5.74) is 1.80. The molecule has 23 heavy (non-hydrogen) atoms. The summed E-state index contributed by atoms with van der Waals surface area (Å²) in [6.07, 6.45) is 3.70. The Labute approximate surface area is 143 Å². The van der Waals surface area contributed by atoms with E-state index < -0.39 is 0 Å². The molecule has 0 bridgehead atoms. The number of aryl methyl sites for hydroxylation is 2. The summed E-state index contributed by atoms with van der Waals surface area (Å²) in [6.45, 7) is 4.52. The molecule has 0 saturated heterocycles. The van der Waals surface area contributed by atoms with E-state index in [1.165, 1.54) is 0 Å². The predicted octanol–water partition coefficient (Wildman–Crippen LogP) is 3.94. The molecule has 3 rings (SSSR count). The topological polar surface area (TPSA) is 64.1 Å². The molecule has 1 aromatic carbocycles. The van der Waals surface area contributed by atoms with Gasteiger partial charge in [-0.2, -0.15) is 0 Å². The first-order chi connectivity index (χ1) is 11.1. The lowest BCUT2D eigenvalue weighted by Gasteiger charge is -2.15. The van der Waals surface area contributed by atoms with Gasteiger partial charge in [0.1, 0.15) is 5.01 Å². The van der Waals surface area contributed by atoms with Crippen molar-refractivity contribution in [2.24, 2.45) is 0 Å². The van der Waals surface area contributed by atoms with Gasteiger partial charge in [-0.25, -0.2) is 0 Å². The number of nitrogens with one attached hydrogen (secondary N) is 1. The molecule has 120 valence electrons. The van der Waals surface area contributed by atoms with Gasteiger partial charge < -0.3 is 10.1 Å². The minimum Gasteiger partial charge on any atom is -0.488 e. The zero-order valence-electron chi connectivity index (χ0n) is 13.0. The molecule has 0 fully saturated rings. The minimum atomic E-state index is -0.187. The number of nitrogens with zero attached hydrogens (tertiary/aromatic N) is 2. The van der Waals surface area contributed by atoms with E-state index in [0.717, 1.165) is 38.3 Å². The maximum Gasteiger partial charge on any atom is 0.290 e. The lowest BCUT2D eigenvalue weighted by molar-refractivity contribution is -0.116. The Bertz CT molecular complexity index is 756. The number of hydrogen-bond donors (Lipinski definition) is 1. The number of ether oxygens (including phenoxy) is 1. The Morgan fingerprint density at radius 1 is 1.35 bits per heavy atom. The molecule has 1 aliphatic heterocycles. The highest BCUT2D eigenvalue weighted by Gasteiger charge is 2.15. The molecule has 1 amide bonds. The van der Waals surface area contributed by atoms with Crippen LogP contribution in [0.15, 0.2) is 39.3 Å². The van der Waals surface area contributed by atoms with Crippen molar-refractivity contribution in [2.45, 2.75) is 35.9 Å². The van der Waals surface area contributed by atoms with E-state index >= 15 is 0 Å². The maximum absolute atomic E-state index is 12.2. The van der Waals surface area contributed by atoms with Crippen molar-refractivity contribution >= 4 is 34.7 Å². The molecule has 5 nitrogen and oxygen atoms in total. The molecular formula is C16H17N3O2S2. The highest BCUT2D eigenvalue weighted by atomic mass is 32.2. The molecule has 2 heterocycles. The predicted molar refractivity (Wildman–Crippen MR) is 91.8 cm³/mol. The van der Waals surface area contributed by atoms with Crippen molar-refractivity contribution in [1.82, 2.24) is 10.2 Å². The summed E-state index contributed by atoms with van der Waals surface area (Å²) in [6, 6.07) is 5.92. The number of allylic oxidation sites excluding steroid dienone is 1. The lowest BCUT2D eigenvalue weighted by atomic mass is 10.2. The van der Waals surface area contributed by atoms with Crippen LogP contribution in [0.2, 0.25) is 0 Å². The van der Waals surface area contributed by atoms with Gasteiger partial charge in [-0.1, -0.05) is 23.1 Å². The van der Waals surface area contributed by atoms with Gasteiger partial charge in [-0.3, -0.25) is 4.79 Å². The molecule has 1 aliphatic rings. The van der Waals surface area contributed by atoms with Gasteiger partial charge in [0.25, 0.3) is 5.91 Å². The van der Waals surface area contributed by atoms with Gasteiger partial charge in [0.05, 0.1) is 6.61 Å². The lowest BCUT2D eigenvalue weighted by Crippen LogP contribution is -2.19. The normalized spacial score (nSPS) is 14.1. The maximum atomic E-state index is 12.2. The van der Waals surface area contributed by atoms with Crippen molar-refractivity contribution in [2.75, 3.05) is 11.9 Å². The zero-order valence-corrected chi connectivity index (χ0v) is 14.6. The number of carbonyl (C=O) groups is 1. The van der Waals surface area contributed by atoms with Crippen LogP contribution in [0.5, 0.6) is 0 Å². The fourth-order valence-corrected chi connectivity index (χ4v) is 4.05. The number of amides is 1. The van der Waals surface area contributed by atoms with Crippen LogP contribution in [0, 0.1) is 13.8 Å². The number of carbonyl (C=O) groups excluding carboxylic acids is 1. The number of benzene rings is 1. The van der Waals surface area contributed by atoms with Gasteiger partial charge in [-0.15, -0.1) is 10.2 Å². The van der Waals surface area contributed by atoms with Gasteiger partial charge in [-0.05, 0) is 56.5 Å². The Balaban J connectivity index is 1.69. The first-order valence-corrected chi connectivity index (χ1v) is 8.98. The second-order valence-electron chi connectivity index (χ2n) is 5.18. The van der Waals surface area contributed by atoms with Gasteiger partial charge >= 0.3 is 0 Å². The molecule has 1 N–H and O–H groups in total. The smallest absolute Gasteiger partial charge is 0.290 e. The van der Waals surface area contributed by atoms with E-state index in [1.807, 2.05) is 38.1 Å². The van der Waals surface area contributed by atoms with Crippen LogP contribution in [0.1, 0.15) is 23.4 Å². The van der Waals surface area contributed by atoms with Crippen molar-refractivity contribution in [1.29, 1.82) is 0 Å². The summed E-state index contributed by atoms with van der Waals surface area (Å²) in [4.78, 5) is 13.2. The Hall–Kier alpha value is -1.86. The largest absolute Gasteiger partial charge is 0.488 e. The van der Waals surface area contributed by atoms with Gasteiger partial charge in [0.2, 0.25) is 0 Å². The highest BCUT2D eigenvalue weighted by Crippen LogP contribution is 2.32. The van der Waals surface area contributed by atoms with Crippen LogP contribution in [-0.4, -0.2) is 22.7 Å². The highest BCUT2D eigenvalue weighted by molar-refractivity contribution is 8.01. The molecule has 0 atom stereocenters. The fraction of sp³-hybridized carbons (Fsp3) is 0.312. The van der Waals surface area contributed by atoms with Crippen molar-refractivity contribution in [3.8, 4) is 0 Å². The minimum absolute atomic E-state index is 0.187. The van der Waals surface area contributed by atoms with Crippen LogP contribution in [0.25, 0.3) is 0 Å². The van der Waals surface area contributed by atoms with E-state index in [0.29, 0.717) is 12.4 Å². The number of aromatic nitrogens is 2. The number of hydrogen-bond acceptors (Lipinski definition) is 6. The summed E-state index contributed by atoms with van der Waals surface area (Å²) >= 11 is 3.14. The van der Waals surface area contributed by atoms with Crippen LogP contribution < -0.4 is 5.32 Å². The number of rotatable bonds is 4. The Morgan fingerprint density at radius 3 is 2.87 bits per heavy atom. The standard InChI is InChI=1S/C16H17N3O2S2/c1-10-9-12(23-16-19-18-11(2)22-16)6-7-13(10)17-15(20)14-5-3-4-8-21-14/h5-7,9H,3-4,8H2,1-2H3,(H,17,20). The van der Waals surface area contributed by atoms with Crippen molar-refractivity contribution in [3.05, 3.63) is 40.6 Å². The summed E-state index contributed by atoms with van der Waals surface area (Å²) in [7, 11) is 0. The van der Waals surface area contributed by atoms with E-state index in [-0.39, 0.29) is 5.91 Å². The van der Waals surface area contributed by atoms with Crippen LogP contribution >= 0.6 is 23.1 Å². The third kappa shape index (κ3) is 4.11. The number of anilines is 1. The molecule has 1 aromatic heterocycles. The van der Waals surface area contributed by atoms with Crippen LogP contribution in [0.4, 0.5) is 5.69 Å². The molecular weight excluding hydrogens is 330 g/mol. The summed E-state index contributed by atoms with van der Waals surface area (Å²) in [5, 5.41) is 12.0. The molecule has 0 aliphatic carbocycles.